The van der Waals surface area contributed by atoms with Gasteiger partial charge < -0.3 is 10.6 Å². The third kappa shape index (κ3) is 5.31. The van der Waals surface area contributed by atoms with Gasteiger partial charge in [-0.2, -0.15) is 5.10 Å². The van der Waals surface area contributed by atoms with E-state index in [-0.39, 0.29) is 5.91 Å². The highest BCUT2D eigenvalue weighted by atomic mass is 16.2. The summed E-state index contributed by atoms with van der Waals surface area (Å²) >= 11 is 0. The predicted octanol–water partition coefficient (Wildman–Crippen LogP) is 2.12. The highest BCUT2D eigenvalue weighted by molar-refractivity contribution is 5.78. The third-order valence-electron chi connectivity index (χ3n) is 5.12. The van der Waals surface area contributed by atoms with Gasteiger partial charge in [-0.05, 0) is 5.56 Å². The van der Waals surface area contributed by atoms with E-state index in [9.17, 15) is 4.79 Å². The van der Waals surface area contributed by atoms with Gasteiger partial charge in [0, 0.05) is 50.0 Å². The average molecular weight is 390 g/mol. The first kappa shape index (κ1) is 19.4. The van der Waals surface area contributed by atoms with Gasteiger partial charge in [-0.1, -0.05) is 60.7 Å². The molecule has 1 aliphatic rings. The smallest absolute Gasteiger partial charge is 0.234 e. The van der Waals surface area contributed by atoms with Crippen LogP contribution in [0.2, 0.25) is 0 Å². The lowest BCUT2D eigenvalue weighted by atomic mass is 10.1. The number of carbonyl (C=O) groups excluding carboxylic acids is 1. The highest BCUT2D eigenvalue weighted by Gasteiger charge is 2.15. The molecule has 0 atom stereocenters. The number of carbonyl (C=O) groups is 1. The SMILES string of the molecule is O=C(CN1CCNCC1)NCc1cn(Cc2ccccc2)nc1-c1ccccc1. The lowest BCUT2D eigenvalue weighted by Gasteiger charge is -2.26. The highest BCUT2D eigenvalue weighted by Crippen LogP contribution is 2.22. The van der Waals surface area contributed by atoms with Crippen LogP contribution in [0.15, 0.2) is 66.9 Å². The van der Waals surface area contributed by atoms with E-state index in [4.69, 9.17) is 5.10 Å². The minimum atomic E-state index is 0.0571. The number of aromatic nitrogens is 2. The number of hydrogen-bond acceptors (Lipinski definition) is 4. The second-order valence-corrected chi connectivity index (χ2v) is 7.36. The molecule has 6 heteroatoms. The van der Waals surface area contributed by atoms with E-state index in [0.717, 1.165) is 43.0 Å². The molecule has 1 aliphatic heterocycles. The van der Waals surface area contributed by atoms with Crippen molar-refractivity contribution in [1.29, 1.82) is 0 Å². The zero-order chi connectivity index (χ0) is 19.9. The Labute approximate surface area is 171 Å². The van der Waals surface area contributed by atoms with Gasteiger partial charge in [0.25, 0.3) is 0 Å². The lowest BCUT2D eigenvalue weighted by molar-refractivity contribution is -0.122. The molecule has 1 amide bonds. The largest absolute Gasteiger partial charge is 0.351 e. The maximum Gasteiger partial charge on any atom is 0.234 e. The Morgan fingerprint density at radius 1 is 1.00 bits per heavy atom. The van der Waals surface area contributed by atoms with Gasteiger partial charge >= 0.3 is 0 Å². The lowest BCUT2D eigenvalue weighted by Crippen LogP contribution is -2.47. The van der Waals surface area contributed by atoms with E-state index in [1.807, 2.05) is 47.3 Å². The summed E-state index contributed by atoms with van der Waals surface area (Å²) in [6.45, 7) is 5.34. The molecule has 0 spiro atoms. The van der Waals surface area contributed by atoms with Crippen LogP contribution >= 0.6 is 0 Å². The number of piperazine rings is 1. The molecule has 0 aliphatic carbocycles. The number of nitrogens with one attached hydrogen (secondary N) is 2. The van der Waals surface area contributed by atoms with Crippen LogP contribution in [-0.2, 0) is 17.9 Å². The molecule has 2 aromatic carbocycles. The fourth-order valence-corrected chi connectivity index (χ4v) is 3.60. The third-order valence-corrected chi connectivity index (χ3v) is 5.12. The van der Waals surface area contributed by atoms with Crippen LogP contribution in [-0.4, -0.2) is 53.3 Å². The van der Waals surface area contributed by atoms with Crippen LogP contribution in [0.4, 0.5) is 0 Å². The summed E-state index contributed by atoms with van der Waals surface area (Å²) in [7, 11) is 0. The molecular weight excluding hydrogens is 362 g/mol. The molecule has 29 heavy (non-hydrogen) atoms. The number of nitrogens with zero attached hydrogens (tertiary/aromatic N) is 3. The van der Waals surface area contributed by atoms with Gasteiger partial charge in [0.15, 0.2) is 0 Å². The summed E-state index contributed by atoms with van der Waals surface area (Å²) in [6.07, 6.45) is 2.04. The van der Waals surface area contributed by atoms with Gasteiger partial charge in [0.05, 0.1) is 18.8 Å². The van der Waals surface area contributed by atoms with Crippen LogP contribution in [0, 0.1) is 0 Å². The van der Waals surface area contributed by atoms with Crippen LogP contribution in [0.5, 0.6) is 0 Å². The van der Waals surface area contributed by atoms with E-state index in [0.29, 0.717) is 19.6 Å². The molecule has 150 valence electrons. The van der Waals surface area contributed by atoms with E-state index < -0.39 is 0 Å². The maximum absolute atomic E-state index is 12.4. The summed E-state index contributed by atoms with van der Waals surface area (Å²) in [6, 6.07) is 20.4. The monoisotopic (exact) mass is 389 g/mol. The quantitative estimate of drug-likeness (QED) is 0.650. The van der Waals surface area contributed by atoms with Crippen molar-refractivity contribution in [2.45, 2.75) is 13.1 Å². The van der Waals surface area contributed by atoms with E-state index in [2.05, 4.69) is 39.8 Å². The Morgan fingerprint density at radius 2 is 1.69 bits per heavy atom. The maximum atomic E-state index is 12.4. The summed E-state index contributed by atoms with van der Waals surface area (Å²) in [4.78, 5) is 14.6. The molecule has 3 aromatic rings. The number of amides is 1. The molecule has 4 rings (SSSR count). The van der Waals surface area contributed by atoms with Crippen molar-refractivity contribution in [2.24, 2.45) is 0 Å². The minimum Gasteiger partial charge on any atom is -0.351 e. The molecule has 1 saturated heterocycles. The fraction of sp³-hybridized carbons (Fsp3) is 0.304. The van der Waals surface area contributed by atoms with Crippen LogP contribution < -0.4 is 10.6 Å². The number of benzene rings is 2. The Balaban J connectivity index is 1.47. The molecule has 0 radical (unpaired) electrons. The van der Waals surface area contributed by atoms with Gasteiger partial charge in [0.1, 0.15) is 0 Å². The summed E-state index contributed by atoms with van der Waals surface area (Å²) in [5.74, 6) is 0.0571. The molecule has 1 fully saturated rings. The van der Waals surface area contributed by atoms with Crippen molar-refractivity contribution >= 4 is 5.91 Å². The first-order valence-electron chi connectivity index (χ1n) is 10.1. The molecule has 1 aromatic heterocycles. The predicted molar refractivity (Wildman–Crippen MR) is 114 cm³/mol. The van der Waals surface area contributed by atoms with Crippen molar-refractivity contribution < 1.29 is 4.79 Å². The zero-order valence-electron chi connectivity index (χ0n) is 16.6. The van der Waals surface area contributed by atoms with Gasteiger partial charge in [0.2, 0.25) is 5.91 Å². The van der Waals surface area contributed by atoms with Gasteiger partial charge in [-0.3, -0.25) is 14.4 Å². The Bertz CT molecular complexity index is 917. The molecule has 0 unspecified atom stereocenters. The second kappa shape index (κ2) is 9.49. The van der Waals surface area contributed by atoms with Crippen molar-refractivity contribution in [3.63, 3.8) is 0 Å². The van der Waals surface area contributed by atoms with Crippen LogP contribution in [0.1, 0.15) is 11.1 Å². The fourth-order valence-electron chi connectivity index (χ4n) is 3.60. The molecule has 0 bridgehead atoms. The molecular formula is C23H27N5O. The van der Waals surface area contributed by atoms with Crippen molar-refractivity contribution in [2.75, 3.05) is 32.7 Å². The Hall–Kier alpha value is -2.96. The van der Waals surface area contributed by atoms with Crippen molar-refractivity contribution in [3.8, 4) is 11.3 Å². The number of hydrogen-bond donors (Lipinski definition) is 2. The van der Waals surface area contributed by atoms with Crippen LogP contribution in [0.25, 0.3) is 11.3 Å². The Kier molecular flexibility index (Phi) is 6.34. The van der Waals surface area contributed by atoms with Crippen LogP contribution in [0.3, 0.4) is 0 Å². The van der Waals surface area contributed by atoms with Crippen molar-refractivity contribution in [3.05, 3.63) is 78.0 Å². The van der Waals surface area contributed by atoms with E-state index in [1.54, 1.807) is 0 Å². The minimum absolute atomic E-state index is 0.0571. The molecule has 6 nitrogen and oxygen atoms in total. The molecule has 2 heterocycles. The van der Waals surface area contributed by atoms with E-state index >= 15 is 0 Å². The summed E-state index contributed by atoms with van der Waals surface area (Å²) < 4.78 is 1.95. The zero-order valence-corrected chi connectivity index (χ0v) is 16.6. The average Bonchev–Trinajstić information content (AvgIpc) is 3.17. The van der Waals surface area contributed by atoms with Gasteiger partial charge in [-0.25, -0.2) is 0 Å². The normalized spacial score (nSPS) is 14.6. The van der Waals surface area contributed by atoms with Gasteiger partial charge in [-0.15, -0.1) is 0 Å². The summed E-state index contributed by atoms with van der Waals surface area (Å²) in [5, 5.41) is 11.2. The Morgan fingerprint density at radius 3 is 2.41 bits per heavy atom. The van der Waals surface area contributed by atoms with Crippen molar-refractivity contribution in [1.82, 2.24) is 25.3 Å². The van der Waals surface area contributed by atoms with E-state index in [1.165, 1.54) is 5.56 Å². The molecule has 2 N–H and O–H groups in total. The first-order chi connectivity index (χ1) is 14.3. The second-order valence-electron chi connectivity index (χ2n) is 7.36. The standard InChI is InChI=1S/C23H27N5O/c29-22(18-27-13-11-24-12-14-27)25-15-21-17-28(16-19-7-3-1-4-8-19)26-23(21)20-9-5-2-6-10-20/h1-10,17,24H,11-16,18H2,(H,25,29). The topological polar surface area (TPSA) is 62.2 Å². The number of rotatable bonds is 7. The summed E-state index contributed by atoms with van der Waals surface area (Å²) in [5.41, 5.74) is 4.21. The first-order valence-corrected chi connectivity index (χ1v) is 10.1. The molecule has 0 saturated carbocycles.